The van der Waals surface area contributed by atoms with Crippen molar-refractivity contribution in [3.05, 3.63) is 24.3 Å². The van der Waals surface area contributed by atoms with Gasteiger partial charge in [0.15, 0.2) is 0 Å². The molecule has 22 heavy (non-hydrogen) atoms. The molecular formula is C19H34O3. The Hall–Kier alpha value is -1.09. The Labute approximate surface area is 136 Å². The number of rotatable bonds is 14. The van der Waals surface area contributed by atoms with Crippen LogP contribution in [-0.2, 0) is 9.53 Å². The molecule has 0 amide bonds. The highest BCUT2D eigenvalue weighted by Gasteiger charge is 2.02. The van der Waals surface area contributed by atoms with E-state index in [0.717, 1.165) is 25.7 Å². The van der Waals surface area contributed by atoms with Crippen molar-refractivity contribution in [2.75, 3.05) is 7.11 Å². The molecule has 1 N–H and O–H groups in total. The summed E-state index contributed by atoms with van der Waals surface area (Å²) in [6, 6.07) is 0. The van der Waals surface area contributed by atoms with Crippen molar-refractivity contribution < 1.29 is 14.6 Å². The molecule has 0 aromatic carbocycles. The Morgan fingerprint density at radius 1 is 1.00 bits per heavy atom. The molecule has 0 heterocycles. The van der Waals surface area contributed by atoms with Gasteiger partial charge in [0.25, 0.3) is 0 Å². The molecular weight excluding hydrogens is 276 g/mol. The molecule has 0 saturated carbocycles. The number of allylic oxidation sites excluding steroid dienone is 3. The quantitative estimate of drug-likeness (QED) is 0.214. The summed E-state index contributed by atoms with van der Waals surface area (Å²) < 4.78 is 4.49. The highest BCUT2D eigenvalue weighted by Crippen LogP contribution is 2.12. The zero-order valence-electron chi connectivity index (χ0n) is 14.4. The third-order valence-corrected chi connectivity index (χ3v) is 3.74. The Morgan fingerprint density at radius 2 is 1.64 bits per heavy atom. The lowest BCUT2D eigenvalue weighted by Crippen LogP contribution is -2.05. The van der Waals surface area contributed by atoms with Crippen molar-refractivity contribution >= 4 is 5.97 Å². The fraction of sp³-hybridized carbons (Fsp3) is 0.737. The summed E-state index contributed by atoms with van der Waals surface area (Å²) in [5, 5.41) is 9.88. The van der Waals surface area contributed by atoms with Crippen molar-refractivity contribution in [2.45, 2.75) is 83.7 Å². The number of hydrogen-bond donors (Lipinski definition) is 1. The molecule has 0 saturated heterocycles. The first kappa shape index (κ1) is 20.9. The van der Waals surface area contributed by atoms with Gasteiger partial charge in [0, 0.05) is 6.08 Å². The summed E-state index contributed by atoms with van der Waals surface area (Å²) in [6.07, 6.45) is 19.6. The molecule has 128 valence electrons. The van der Waals surface area contributed by atoms with E-state index in [9.17, 15) is 9.90 Å². The molecule has 1 atom stereocenters. The SMILES string of the molecule is CCCCCCCCCCC(O)CCC=CC=CC(=O)OC. The number of ether oxygens (including phenoxy) is 1. The van der Waals surface area contributed by atoms with Gasteiger partial charge in [-0.05, 0) is 19.3 Å². The lowest BCUT2D eigenvalue weighted by Gasteiger charge is -2.08. The summed E-state index contributed by atoms with van der Waals surface area (Å²) in [5.41, 5.74) is 0. The molecule has 0 bridgehead atoms. The highest BCUT2D eigenvalue weighted by atomic mass is 16.5. The number of aliphatic hydroxyl groups excluding tert-OH is 1. The zero-order chi connectivity index (χ0) is 16.5. The van der Waals surface area contributed by atoms with Gasteiger partial charge in [0.1, 0.15) is 0 Å². The summed E-state index contributed by atoms with van der Waals surface area (Å²) >= 11 is 0. The third-order valence-electron chi connectivity index (χ3n) is 3.74. The molecule has 0 rings (SSSR count). The van der Waals surface area contributed by atoms with Gasteiger partial charge in [0.2, 0.25) is 0 Å². The van der Waals surface area contributed by atoms with Crippen LogP contribution in [0.25, 0.3) is 0 Å². The minimum Gasteiger partial charge on any atom is -0.466 e. The van der Waals surface area contributed by atoms with E-state index in [1.807, 2.05) is 12.2 Å². The first-order valence-electron chi connectivity index (χ1n) is 8.80. The molecule has 0 aromatic rings. The van der Waals surface area contributed by atoms with E-state index in [1.54, 1.807) is 6.08 Å². The lowest BCUT2D eigenvalue weighted by atomic mass is 10.0. The van der Waals surface area contributed by atoms with Gasteiger partial charge in [-0.3, -0.25) is 0 Å². The average Bonchev–Trinajstić information content (AvgIpc) is 2.52. The maximum Gasteiger partial charge on any atom is 0.330 e. The third kappa shape index (κ3) is 15.3. The van der Waals surface area contributed by atoms with Crippen LogP contribution in [0, 0.1) is 0 Å². The van der Waals surface area contributed by atoms with Gasteiger partial charge in [-0.25, -0.2) is 4.79 Å². The van der Waals surface area contributed by atoms with Crippen molar-refractivity contribution in [3.8, 4) is 0 Å². The molecule has 0 aliphatic carbocycles. The Morgan fingerprint density at radius 3 is 2.27 bits per heavy atom. The molecule has 0 aliphatic rings. The predicted octanol–water partition coefficient (Wildman–Crippen LogP) is 4.94. The van der Waals surface area contributed by atoms with Crippen molar-refractivity contribution in [1.82, 2.24) is 0 Å². The second-order valence-corrected chi connectivity index (χ2v) is 5.81. The maximum absolute atomic E-state index is 10.8. The molecule has 3 nitrogen and oxygen atoms in total. The number of unbranched alkanes of at least 4 members (excludes halogenated alkanes) is 7. The number of carbonyl (C=O) groups is 1. The lowest BCUT2D eigenvalue weighted by molar-refractivity contribution is -0.134. The number of hydrogen-bond acceptors (Lipinski definition) is 3. The van der Waals surface area contributed by atoms with Crippen LogP contribution in [0.2, 0.25) is 0 Å². The van der Waals surface area contributed by atoms with Crippen LogP contribution in [0.5, 0.6) is 0 Å². The van der Waals surface area contributed by atoms with Gasteiger partial charge in [-0.1, -0.05) is 76.5 Å². The van der Waals surface area contributed by atoms with E-state index < -0.39 is 0 Å². The highest BCUT2D eigenvalue weighted by molar-refractivity contribution is 5.82. The Kier molecular flexibility index (Phi) is 15.5. The van der Waals surface area contributed by atoms with Crippen LogP contribution in [0.4, 0.5) is 0 Å². The average molecular weight is 310 g/mol. The van der Waals surface area contributed by atoms with E-state index in [2.05, 4.69) is 11.7 Å². The molecule has 0 radical (unpaired) electrons. The monoisotopic (exact) mass is 310 g/mol. The van der Waals surface area contributed by atoms with E-state index in [0.29, 0.717) is 0 Å². The van der Waals surface area contributed by atoms with Crippen LogP contribution < -0.4 is 0 Å². The van der Waals surface area contributed by atoms with Crippen LogP contribution >= 0.6 is 0 Å². The maximum atomic E-state index is 10.8. The van der Waals surface area contributed by atoms with Crippen LogP contribution in [0.3, 0.4) is 0 Å². The van der Waals surface area contributed by atoms with E-state index in [-0.39, 0.29) is 12.1 Å². The van der Waals surface area contributed by atoms with E-state index >= 15 is 0 Å². The Bertz CT molecular complexity index is 308. The number of carbonyl (C=O) groups excluding carboxylic acids is 1. The molecule has 3 heteroatoms. The first-order chi connectivity index (χ1) is 10.7. The summed E-state index contributed by atoms with van der Waals surface area (Å²) in [4.78, 5) is 10.8. The fourth-order valence-corrected chi connectivity index (χ4v) is 2.32. The molecule has 0 aliphatic heterocycles. The van der Waals surface area contributed by atoms with Crippen LogP contribution in [0.1, 0.15) is 77.6 Å². The second-order valence-electron chi connectivity index (χ2n) is 5.81. The number of methoxy groups -OCH3 is 1. The van der Waals surface area contributed by atoms with E-state index in [1.165, 1.54) is 58.1 Å². The molecule has 1 unspecified atom stereocenters. The smallest absolute Gasteiger partial charge is 0.330 e. The van der Waals surface area contributed by atoms with Crippen molar-refractivity contribution in [2.24, 2.45) is 0 Å². The fourth-order valence-electron chi connectivity index (χ4n) is 2.32. The molecule has 0 spiro atoms. The topological polar surface area (TPSA) is 46.5 Å². The standard InChI is InChI=1S/C19H34O3/c1-3-4-5-6-7-8-9-12-15-18(20)16-13-10-11-14-17-19(21)22-2/h10-11,14,17-18,20H,3-9,12-13,15-16H2,1-2H3. The zero-order valence-corrected chi connectivity index (χ0v) is 14.4. The predicted molar refractivity (Wildman–Crippen MR) is 92.8 cm³/mol. The largest absolute Gasteiger partial charge is 0.466 e. The number of aliphatic hydroxyl groups is 1. The summed E-state index contributed by atoms with van der Waals surface area (Å²) in [7, 11) is 1.36. The normalized spacial score (nSPS) is 13.0. The first-order valence-corrected chi connectivity index (χ1v) is 8.80. The molecule has 0 fully saturated rings. The van der Waals surface area contributed by atoms with Gasteiger partial charge in [0.05, 0.1) is 13.2 Å². The van der Waals surface area contributed by atoms with Gasteiger partial charge < -0.3 is 9.84 Å². The van der Waals surface area contributed by atoms with Crippen LogP contribution in [-0.4, -0.2) is 24.3 Å². The number of esters is 1. The minimum atomic E-state index is -0.348. The second kappa shape index (κ2) is 16.3. The molecule has 0 aromatic heterocycles. The van der Waals surface area contributed by atoms with Gasteiger partial charge in [-0.2, -0.15) is 0 Å². The van der Waals surface area contributed by atoms with Crippen LogP contribution in [0.15, 0.2) is 24.3 Å². The van der Waals surface area contributed by atoms with Crippen molar-refractivity contribution in [1.29, 1.82) is 0 Å². The van der Waals surface area contributed by atoms with Gasteiger partial charge in [-0.15, -0.1) is 0 Å². The summed E-state index contributed by atoms with van der Waals surface area (Å²) in [5.74, 6) is -0.348. The van der Waals surface area contributed by atoms with Crippen molar-refractivity contribution in [3.63, 3.8) is 0 Å². The van der Waals surface area contributed by atoms with E-state index in [4.69, 9.17) is 0 Å². The van der Waals surface area contributed by atoms with Gasteiger partial charge >= 0.3 is 5.97 Å². The minimum absolute atomic E-state index is 0.200. The summed E-state index contributed by atoms with van der Waals surface area (Å²) in [6.45, 7) is 2.24. The Balaban J connectivity index is 3.39.